The summed E-state index contributed by atoms with van der Waals surface area (Å²) in [5.74, 6) is -0.472. The Morgan fingerprint density at radius 3 is 3.04 bits per heavy atom. The van der Waals surface area contributed by atoms with Gasteiger partial charge in [0.2, 0.25) is 11.1 Å². The highest BCUT2D eigenvalue weighted by Gasteiger charge is 2.22. The van der Waals surface area contributed by atoms with E-state index < -0.39 is 11.9 Å². The largest absolute Gasteiger partial charge is 0.433 e. The first-order chi connectivity index (χ1) is 13.4. The Bertz CT molecular complexity index is 819. The number of rotatable bonds is 8. The number of alkyl halides is 2. The van der Waals surface area contributed by atoms with Crippen LogP contribution < -0.4 is 10.1 Å². The van der Waals surface area contributed by atoms with Crippen LogP contribution >= 0.6 is 23.4 Å². The van der Waals surface area contributed by atoms with E-state index >= 15 is 0 Å². The van der Waals surface area contributed by atoms with Crippen LogP contribution in [0.2, 0.25) is 5.02 Å². The predicted octanol–water partition coefficient (Wildman–Crippen LogP) is 3.23. The second kappa shape index (κ2) is 9.48. The minimum atomic E-state index is -2.98. The number of carbonyl (C=O) groups excluding carboxylic acids is 1. The number of tetrazole rings is 1. The van der Waals surface area contributed by atoms with Gasteiger partial charge < -0.3 is 14.8 Å². The van der Waals surface area contributed by atoms with Crippen molar-refractivity contribution >= 4 is 35.0 Å². The van der Waals surface area contributed by atoms with Crippen LogP contribution in [0.15, 0.2) is 23.4 Å². The van der Waals surface area contributed by atoms with Crippen molar-refractivity contribution in [1.82, 2.24) is 20.2 Å². The lowest BCUT2D eigenvalue weighted by Crippen LogP contribution is -2.23. The molecule has 2 aromatic rings. The second-order valence-corrected chi connectivity index (χ2v) is 7.77. The number of aromatic nitrogens is 4. The summed E-state index contributed by atoms with van der Waals surface area (Å²) in [6.07, 6.45) is 2.03. The Balaban J connectivity index is 1.58. The molecule has 1 saturated heterocycles. The third kappa shape index (κ3) is 5.52. The summed E-state index contributed by atoms with van der Waals surface area (Å²) in [5, 5.41) is 14.2. The fourth-order valence-corrected chi connectivity index (χ4v) is 3.63. The number of anilines is 1. The van der Waals surface area contributed by atoms with Crippen LogP contribution in [0.25, 0.3) is 0 Å². The number of benzene rings is 1. The second-order valence-electron chi connectivity index (χ2n) is 6.05. The first kappa shape index (κ1) is 20.7. The van der Waals surface area contributed by atoms with Crippen molar-refractivity contribution < 1.29 is 23.0 Å². The number of amides is 1. The number of thioether (sulfide) groups is 1. The van der Waals surface area contributed by atoms with Gasteiger partial charge in [-0.05, 0) is 48.4 Å². The SMILES string of the molecule is C[C@H](Sc1nnnn1C[C@@H]1CCCO1)C(=O)Nc1ccc(OC(F)F)c(Cl)c1. The van der Waals surface area contributed by atoms with Gasteiger partial charge in [-0.2, -0.15) is 8.78 Å². The smallest absolute Gasteiger partial charge is 0.387 e. The molecule has 1 aromatic heterocycles. The molecule has 0 spiro atoms. The van der Waals surface area contributed by atoms with E-state index in [2.05, 4.69) is 25.6 Å². The molecular formula is C16H18ClF2N5O3S. The summed E-state index contributed by atoms with van der Waals surface area (Å²) in [7, 11) is 0. The lowest BCUT2D eigenvalue weighted by molar-refractivity contribution is -0.115. The van der Waals surface area contributed by atoms with Gasteiger partial charge in [0.15, 0.2) is 0 Å². The van der Waals surface area contributed by atoms with Crippen LogP contribution in [0, 0.1) is 0 Å². The van der Waals surface area contributed by atoms with Crippen molar-refractivity contribution in [1.29, 1.82) is 0 Å². The van der Waals surface area contributed by atoms with E-state index in [0.717, 1.165) is 19.4 Å². The summed E-state index contributed by atoms with van der Waals surface area (Å²) in [6.45, 7) is -0.00107. The highest BCUT2D eigenvalue weighted by atomic mass is 35.5. The Morgan fingerprint density at radius 1 is 1.54 bits per heavy atom. The van der Waals surface area contributed by atoms with E-state index in [1.54, 1.807) is 11.6 Å². The van der Waals surface area contributed by atoms with Gasteiger partial charge in [0.25, 0.3) is 0 Å². The van der Waals surface area contributed by atoms with Crippen LogP contribution in [0.3, 0.4) is 0 Å². The minimum absolute atomic E-state index is 0.0288. The molecule has 152 valence electrons. The molecule has 0 bridgehead atoms. The topological polar surface area (TPSA) is 91.2 Å². The molecule has 2 atom stereocenters. The summed E-state index contributed by atoms with van der Waals surface area (Å²) < 4.78 is 36.0. The van der Waals surface area contributed by atoms with Crippen LogP contribution in [-0.2, 0) is 16.1 Å². The van der Waals surface area contributed by atoms with Crippen molar-refractivity contribution in [3.63, 3.8) is 0 Å². The third-order valence-electron chi connectivity index (χ3n) is 3.97. The molecule has 0 unspecified atom stereocenters. The highest BCUT2D eigenvalue weighted by Crippen LogP contribution is 2.30. The quantitative estimate of drug-likeness (QED) is 0.639. The van der Waals surface area contributed by atoms with Crippen molar-refractivity contribution in [3.8, 4) is 5.75 Å². The molecule has 1 aromatic carbocycles. The van der Waals surface area contributed by atoms with Gasteiger partial charge in [0, 0.05) is 12.3 Å². The molecular weight excluding hydrogens is 416 g/mol. The van der Waals surface area contributed by atoms with Crippen LogP contribution in [0.4, 0.5) is 14.5 Å². The Labute approximate surface area is 168 Å². The first-order valence-electron chi connectivity index (χ1n) is 8.52. The van der Waals surface area contributed by atoms with Gasteiger partial charge in [-0.3, -0.25) is 4.79 Å². The maximum atomic E-state index is 12.4. The van der Waals surface area contributed by atoms with E-state index in [1.165, 1.54) is 30.0 Å². The first-order valence-corrected chi connectivity index (χ1v) is 9.78. The van der Waals surface area contributed by atoms with Crippen molar-refractivity contribution in [2.75, 3.05) is 11.9 Å². The Kier molecular flexibility index (Phi) is 7.03. The Morgan fingerprint density at radius 2 is 2.36 bits per heavy atom. The summed E-state index contributed by atoms with van der Waals surface area (Å²) in [4.78, 5) is 12.4. The standard InChI is InChI=1S/C16H18ClF2N5O3S/c1-9(28-16-21-22-23-24(16)8-11-3-2-6-26-11)14(25)20-10-4-5-13(12(17)7-10)27-15(18)19/h4-5,7,9,11,15H,2-3,6,8H2,1H3,(H,20,25)/t9-,11-/m0/s1. The molecule has 3 rings (SSSR count). The number of nitrogens with one attached hydrogen (secondary N) is 1. The van der Waals surface area contributed by atoms with Crippen molar-refractivity contribution in [2.45, 2.75) is 49.4 Å². The van der Waals surface area contributed by atoms with E-state index in [0.29, 0.717) is 17.4 Å². The van der Waals surface area contributed by atoms with E-state index in [4.69, 9.17) is 16.3 Å². The highest BCUT2D eigenvalue weighted by molar-refractivity contribution is 8.00. The van der Waals surface area contributed by atoms with Crippen LogP contribution in [0.1, 0.15) is 19.8 Å². The van der Waals surface area contributed by atoms with Crippen LogP contribution in [0.5, 0.6) is 5.75 Å². The average Bonchev–Trinajstić information content (AvgIpc) is 3.30. The number of hydrogen-bond donors (Lipinski definition) is 1. The van der Waals surface area contributed by atoms with Crippen molar-refractivity contribution in [2.24, 2.45) is 0 Å². The molecule has 0 radical (unpaired) electrons. The molecule has 12 heteroatoms. The normalized spacial score (nSPS) is 17.7. The lowest BCUT2D eigenvalue weighted by Gasteiger charge is -2.14. The molecule has 1 fully saturated rings. The zero-order valence-corrected chi connectivity index (χ0v) is 16.4. The summed E-state index contributed by atoms with van der Waals surface area (Å²) in [6, 6.07) is 4.04. The van der Waals surface area contributed by atoms with Gasteiger partial charge in [-0.15, -0.1) is 5.10 Å². The molecule has 1 aliphatic heterocycles. The van der Waals surface area contributed by atoms with Gasteiger partial charge in [-0.25, -0.2) is 4.68 Å². The number of carbonyl (C=O) groups is 1. The molecule has 2 heterocycles. The third-order valence-corrected chi connectivity index (χ3v) is 5.33. The average molecular weight is 434 g/mol. The maximum absolute atomic E-state index is 12.4. The summed E-state index contributed by atoms with van der Waals surface area (Å²) >= 11 is 7.10. The van der Waals surface area contributed by atoms with Gasteiger partial charge in [0.05, 0.1) is 22.9 Å². The van der Waals surface area contributed by atoms with E-state index in [9.17, 15) is 13.6 Å². The number of nitrogens with zero attached hydrogens (tertiary/aromatic N) is 4. The zero-order valence-electron chi connectivity index (χ0n) is 14.8. The molecule has 1 amide bonds. The van der Waals surface area contributed by atoms with Crippen LogP contribution in [-0.4, -0.2) is 50.7 Å². The van der Waals surface area contributed by atoms with Gasteiger partial charge in [0.1, 0.15) is 5.75 Å². The van der Waals surface area contributed by atoms with Gasteiger partial charge in [-0.1, -0.05) is 23.4 Å². The van der Waals surface area contributed by atoms with E-state index in [-0.39, 0.29) is 22.8 Å². The lowest BCUT2D eigenvalue weighted by atomic mass is 10.2. The zero-order chi connectivity index (χ0) is 20.1. The molecule has 28 heavy (non-hydrogen) atoms. The predicted molar refractivity (Wildman–Crippen MR) is 98.8 cm³/mol. The molecule has 0 aliphatic carbocycles. The minimum Gasteiger partial charge on any atom is -0.433 e. The number of ether oxygens (including phenoxy) is 2. The van der Waals surface area contributed by atoms with Gasteiger partial charge >= 0.3 is 6.61 Å². The number of halogens is 3. The molecule has 8 nitrogen and oxygen atoms in total. The monoisotopic (exact) mass is 433 g/mol. The molecule has 0 saturated carbocycles. The molecule has 1 aliphatic rings. The Hall–Kier alpha value is -1.98. The summed E-state index contributed by atoms with van der Waals surface area (Å²) in [5.41, 5.74) is 0.364. The number of hydrogen-bond acceptors (Lipinski definition) is 7. The van der Waals surface area contributed by atoms with Crippen molar-refractivity contribution in [3.05, 3.63) is 23.2 Å². The van der Waals surface area contributed by atoms with E-state index in [1.807, 2.05) is 0 Å². The fourth-order valence-electron chi connectivity index (χ4n) is 2.60. The maximum Gasteiger partial charge on any atom is 0.387 e. The fraction of sp³-hybridized carbons (Fsp3) is 0.500. The molecule has 1 N–H and O–H groups in total.